The minimum absolute atomic E-state index is 0.0256. The number of carbonyl (C=O) groups is 1. The largest absolute Gasteiger partial charge is 0.497 e. The van der Waals surface area contributed by atoms with Crippen LogP contribution in [0.2, 0.25) is 0 Å². The van der Waals surface area contributed by atoms with Crippen molar-refractivity contribution in [3.63, 3.8) is 0 Å². The fourth-order valence-electron chi connectivity index (χ4n) is 3.33. The molecule has 3 rings (SSSR count). The van der Waals surface area contributed by atoms with Crippen LogP contribution >= 0.6 is 0 Å². The standard InChI is InChI=1S/C21H26N2O4S/c1-27-19-9-11-20(12-10-19)28(25,26)17-5-8-21(24)23-15-13-22(14-16-23)18-6-3-2-4-7-18/h2-4,6-7,9-12H,5,8,13-17H2,1H3. The molecule has 1 aliphatic heterocycles. The predicted molar refractivity (Wildman–Crippen MR) is 110 cm³/mol. The molecule has 1 amide bonds. The maximum absolute atomic E-state index is 12.4. The predicted octanol–water partition coefficient (Wildman–Crippen LogP) is 2.60. The fraction of sp³-hybridized carbons (Fsp3) is 0.381. The molecule has 2 aromatic carbocycles. The van der Waals surface area contributed by atoms with Crippen molar-refractivity contribution >= 4 is 21.4 Å². The van der Waals surface area contributed by atoms with Crippen molar-refractivity contribution in [3.05, 3.63) is 54.6 Å². The lowest BCUT2D eigenvalue weighted by atomic mass is 10.2. The van der Waals surface area contributed by atoms with Gasteiger partial charge < -0.3 is 14.5 Å². The first kappa shape index (κ1) is 20.2. The van der Waals surface area contributed by atoms with Gasteiger partial charge in [0.25, 0.3) is 0 Å². The number of piperazine rings is 1. The Balaban J connectivity index is 1.45. The van der Waals surface area contributed by atoms with E-state index in [1.807, 2.05) is 23.1 Å². The highest BCUT2D eigenvalue weighted by molar-refractivity contribution is 7.91. The fourth-order valence-corrected chi connectivity index (χ4v) is 4.64. The Morgan fingerprint density at radius 1 is 0.964 bits per heavy atom. The number of nitrogens with zero attached hydrogens (tertiary/aromatic N) is 2. The zero-order valence-electron chi connectivity index (χ0n) is 16.1. The number of anilines is 1. The monoisotopic (exact) mass is 402 g/mol. The molecule has 0 aromatic heterocycles. The molecule has 0 unspecified atom stereocenters. The molecule has 28 heavy (non-hydrogen) atoms. The van der Waals surface area contributed by atoms with Gasteiger partial charge in [-0.05, 0) is 42.8 Å². The van der Waals surface area contributed by atoms with Crippen LogP contribution in [0.5, 0.6) is 5.75 Å². The number of hydrogen-bond donors (Lipinski definition) is 0. The molecule has 0 saturated carbocycles. The third-order valence-corrected chi connectivity index (χ3v) is 6.79. The summed E-state index contributed by atoms with van der Waals surface area (Å²) in [4.78, 5) is 16.8. The van der Waals surface area contributed by atoms with E-state index in [4.69, 9.17) is 4.74 Å². The van der Waals surface area contributed by atoms with Crippen LogP contribution in [-0.4, -0.2) is 58.3 Å². The summed E-state index contributed by atoms with van der Waals surface area (Å²) in [5.74, 6) is 0.608. The van der Waals surface area contributed by atoms with Crippen LogP contribution in [-0.2, 0) is 14.6 Å². The second-order valence-corrected chi connectivity index (χ2v) is 8.91. The molecule has 2 aromatic rings. The van der Waals surface area contributed by atoms with Crippen LogP contribution in [0.25, 0.3) is 0 Å². The average molecular weight is 403 g/mol. The molecule has 0 aliphatic carbocycles. The molecule has 0 atom stereocenters. The molecule has 6 nitrogen and oxygen atoms in total. The van der Waals surface area contributed by atoms with E-state index in [1.54, 1.807) is 24.3 Å². The van der Waals surface area contributed by atoms with Crippen molar-refractivity contribution in [1.82, 2.24) is 4.90 Å². The van der Waals surface area contributed by atoms with Gasteiger partial charge in [-0.15, -0.1) is 0 Å². The average Bonchev–Trinajstić information content (AvgIpc) is 2.74. The quantitative estimate of drug-likeness (QED) is 0.712. The smallest absolute Gasteiger partial charge is 0.222 e. The van der Waals surface area contributed by atoms with Gasteiger partial charge in [0.2, 0.25) is 5.91 Å². The van der Waals surface area contributed by atoms with Crippen molar-refractivity contribution in [2.24, 2.45) is 0 Å². The number of sulfone groups is 1. The van der Waals surface area contributed by atoms with Gasteiger partial charge in [-0.25, -0.2) is 8.42 Å². The molecule has 0 spiro atoms. The van der Waals surface area contributed by atoms with Crippen LogP contribution in [0.1, 0.15) is 12.8 Å². The highest BCUT2D eigenvalue weighted by Gasteiger charge is 2.22. The van der Waals surface area contributed by atoms with Crippen molar-refractivity contribution < 1.29 is 17.9 Å². The zero-order chi connectivity index (χ0) is 20.0. The van der Waals surface area contributed by atoms with E-state index in [-0.39, 0.29) is 23.0 Å². The van der Waals surface area contributed by atoms with Crippen molar-refractivity contribution in [1.29, 1.82) is 0 Å². The Bertz CT molecular complexity index is 874. The minimum Gasteiger partial charge on any atom is -0.497 e. The third-order valence-electron chi connectivity index (χ3n) is 4.98. The third kappa shape index (κ3) is 5.04. The van der Waals surface area contributed by atoms with Gasteiger partial charge in [0, 0.05) is 38.3 Å². The number of benzene rings is 2. The number of hydrogen-bond acceptors (Lipinski definition) is 5. The number of ether oxygens (including phenoxy) is 1. The van der Waals surface area contributed by atoms with Gasteiger partial charge in [0.15, 0.2) is 9.84 Å². The van der Waals surface area contributed by atoms with Gasteiger partial charge in [0.1, 0.15) is 5.75 Å². The van der Waals surface area contributed by atoms with E-state index in [0.29, 0.717) is 25.3 Å². The van der Waals surface area contributed by atoms with Gasteiger partial charge in [-0.3, -0.25) is 4.79 Å². The summed E-state index contributed by atoms with van der Waals surface area (Å²) in [5.41, 5.74) is 1.17. The Labute approximate surface area is 166 Å². The van der Waals surface area contributed by atoms with Gasteiger partial charge >= 0.3 is 0 Å². The molecule has 1 aliphatic rings. The molecule has 1 fully saturated rings. The summed E-state index contributed by atoms with van der Waals surface area (Å²) < 4.78 is 29.9. The lowest BCUT2D eigenvalue weighted by Gasteiger charge is -2.36. The molecule has 0 N–H and O–H groups in total. The Morgan fingerprint density at radius 2 is 1.61 bits per heavy atom. The summed E-state index contributed by atoms with van der Waals surface area (Å²) in [6.45, 7) is 2.91. The van der Waals surface area contributed by atoms with Crippen LogP contribution < -0.4 is 9.64 Å². The summed E-state index contributed by atoms with van der Waals surface area (Å²) in [6, 6.07) is 16.5. The number of para-hydroxylation sites is 1. The highest BCUT2D eigenvalue weighted by Crippen LogP contribution is 2.19. The molecule has 1 saturated heterocycles. The highest BCUT2D eigenvalue weighted by atomic mass is 32.2. The lowest BCUT2D eigenvalue weighted by molar-refractivity contribution is -0.131. The van der Waals surface area contributed by atoms with E-state index in [1.165, 1.54) is 12.8 Å². The van der Waals surface area contributed by atoms with Gasteiger partial charge in [-0.2, -0.15) is 0 Å². The summed E-state index contributed by atoms with van der Waals surface area (Å²) in [7, 11) is -1.85. The van der Waals surface area contributed by atoms with E-state index in [0.717, 1.165) is 13.1 Å². The van der Waals surface area contributed by atoms with E-state index >= 15 is 0 Å². The molecular weight excluding hydrogens is 376 g/mol. The second-order valence-electron chi connectivity index (χ2n) is 6.80. The summed E-state index contributed by atoms with van der Waals surface area (Å²) in [5, 5.41) is 0. The zero-order valence-corrected chi connectivity index (χ0v) is 16.9. The minimum atomic E-state index is -3.39. The maximum atomic E-state index is 12.4. The number of amides is 1. The van der Waals surface area contributed by atoms with Crippen LogP contribution in [0, 0.1) is 0 Å². The molecular formula is C21H26N2O4S. The van der Waals surface area contributed by atoms with E-state index in [2.05, 4.69) is 17.0 Å². The van der Waals surface area contributed by atoms with Gasteiger partial charge in [0.05, 0.1) is 17.8 Å². The molecule has 0 radical (unpaired) electrons. The molecule has 7 heteroatoms. The van der Waals surface area contributed by atoms with Crippen LogP contribution in [0.15, 0.2) is 59.5 Å². The van der Waals surface area contributed by atoms with Crippen LogP contribution in [0.3, 0.4) is 0 Å². The van der Waals surface area contributed by atoms with Crippen LogP contribution in [0.4, 0.5) is 5.69 Å². The SMILES string of the molecule is COc1ccc(S(=O)(=O)CCCC(=O)N2CCN(c3ccccc3)CC2)cc1. The van der Waals surface area contributed by atoms with E-state index < -0.39 is 9.84 Å². The summed E-state index contributed by atoms with van der Waals surface area (Å²) >= 11 is 0. The normalized spacial score (nSPS) is 14.8. The first-order chi connectivity index (χ1) is 13.5. The number of methoxy groups -OCH3 is 1. The second kappa shape index (κ2) is 9.10. The van der Waals surface area contributed by atoms with Crippen molar-refractivity contribution in [3.8, 4) is 5.75 Å². The molecule has 1 heterocycles. The summed E-state index contributed by atoms with van der Waals surface area (Å²) in [6.07, 6.45) is 0.576. The molecule has 150 valence electrons. The Hall–Kier alpha value is -2.54. The first-order valence-electron chi connectivity index (χ1n) is 9.44. The van der Waals surface area contributed by atoms with E-state index in [9.17, 15) is 13.2 Å². The molecule has 0 bridgehead atoms. The Morgan fingerprint density at radius 3 is 2.21 bits per heavy atom. The van der Waals surface area contributed by atoms with Gasteiger partial charge in [-0.1, -0.05) is 18.2 Å². The lowest BCUT2D eigenvalue weighted by Crippen LogP contribution is -2.48. The maximum Gasteiger partial charge on any atom is 0.222 e. The first-order valence-corrected chi connectivity index (χ1v) is 11.1. The topological polar surface area (TPSA) is 66.9 Å². The Kier molecular flexibility index (Phi) is 6.57. The van der Waals surface area contributed by atoms with Crippen molar-refractivity contribution in [2.45, 2.75) is 17.7 Å². The number of carbonyl (C=O) groups excluding carboxylic acids is 1. The number of rotatable bonds is 7. The van der Waals surface area contributed by atoms with Crippen molar-refractivity contribution in [2.75, 3.05) is 43.9 Å².